The highest BCUT2D eigenvalue weighted by Crippen LogP contribution is 2.29. The van der Waals surface area contributed by atoms with Crippen LogP contribution >= 0.6 is 0 Å². The molecule has 1 aromatic carbocycles. The second-order valence-corrected chi connectivity index (χ2v) is 7.85. The predicted molar refractivity (Wildman–Crippen MR) is 101 cm³/mol. The first-order valence-corrected chi connectivity index (χ1v) is 10.2. The van der Waals surface area contributed by atoms with Crippen LogP contribution in [0, 0.1) is 13.8 Å². The van der Waals surface area contributed by atoms with Crippen LogP contribution in [-0.2, 0) is 24.3 Å². The quantitative estimate of drug-likeness (QED) is 0.568. The number of ether oxygens (including phenoxy) is 3. The number of methoxy groups -OCH3 is 1. The molecule has 154 valence electrons. The topological polar surface area (TPSA) is 102 Å². The van der Waals surface area contributed by atoms with Gasteiger partial charge in [0.1, 0.15) is 12.4 Å². The number of nitrogens with zero attached hydrogens (tertiary/aromatic N) is 1. The van der Waals surface area contributed by atoms with Crippen molar-refractivity contribution in [2.75, 3.05) is 40.1 Å². The molecule has 8 nitrogen and oxygen atoms in total. The zero-order chi connectivity index (χ0) is 20.6. The third-order valence-corrected chi connectivity index (χ3v) is 6.34. The van der Waals surface area contributed by atoms with Gasteiger partial charge in [0.15, 0.2) is 0 Å². The van der Waals surface area contributed by atoms with E-state index in [1.54, 1.807) is 39.8 Å². The molecule has 9 heteroatoms. The van der Waals surface area contributed by atoms with E-state index in [1.807, 2.05) is 0 Å². The normalized spacial score (nSPS) is 13.0. The summed E-state index contributed by atoms with van der Waals surface area (Å²) in [5.74, 6) is -0.527. The molecule has 0 aliphatic heterocycles. The van der Waals surface area contributed by atoms with Crippen LogP contribution in [0.1, 0.15) is 25.0 Å². The lowest BCUT2D eigenvalue weighted by Crippen LogP contribution is -2.46. The molecule has 0 saturated heterocycles. The van der Waals surface area contributed by atoms with Gasteiger partial charge < -0.3 is 19.3 Å². The van der Waals surface area contributed by atoms with Crippen LogP contribution in [0.3, 0.4) is 0 Å². The van der Waals surface area contributed by atoms with Gasteiger partial charge in [-0.15, -0.1) is 0 Å². The third-order valence-electron chi connectivity index (χ3n) is 4.01. The lowest BCUT2D eigenvalue weighted by Gasteiger charge is -2.30. The lowest BCUT2D eigenvalue weighted by atomic mass is 10.1. The molecule has 0 aromatic heterocycles. The monoisotopic (exact) mass is 403 g/mol. The minimum atomic E-state index is -3.85. The average molecular weight is 403 g/mol. The fourth-order valence-electron chi connectivity index (χ4n) is 2.93. The Bertz CT molecular complexity index is 710. The second-order valence-electron chi connectivity index (χ2n) is 6.02. The zero-order valence-electron chi connectivity index (χ0n) is 16.5. The number of benzene rings is 1. The Kier molecular flexibility index (Phi) is 9.17. The Balaban J connectivity index is 3.25. The van der Waals surface area contributed by atoms with Crippen LogP contribution in [0.15, 0.2) is 17.0 Å². The first-order chi connectivity index (χ1) is 12.7. The van der Waals surface area contributed by atoms with Crippen LogP contribution in [0.5, 0.6) is 5.75 Å². The smallest absolute Gasteiger partial charge is 0.329 e. The maximum Gasteiger partial charge on any atom is 0.329 e. The van der Waals surface area contributed by atoms with Gasteiger partial charge in [0.25, 0.3) is 0 Å². The van der Waals surface area contributed by atoms with E-state index in [1.165, 1.54) is 11.4 Å². The second kappa shape index (κ2) is 10.6. The van der Waals surface area contributed by atoms with Crippen molar-refractivity contribution in [3.05, 3.63) is 23.3 Å². The maximum absolute atomic E-state index is 13.4. The van der Waals surface area contributed by atoms with Crippen molar-refractivity contribution >= 4 is 16.0 Å². The first-order valence-electron chi connectivity index (χ1n) is 8.73. The fraction of sp³-hybridized carbons (Fsp3) is 0.611. The van der Waals surface area contributed by atoms with Crippen molar-refractivity contribution in [2.24, 2.45) is 0 Å². The molecule has 0 saturated carbocycles. The van der Waals surface area contributed by atoms with E-state index in [2.05, 4.69) is 0 Å². The highest BCUT2D eigenvalue weighted by Gasteiger charge is 2.33. The number of carbonyl (C=O) groups is 1. The van der Waals surface area contributed by atoms with Crippen molar-refractivity contribution in [3.63, 3.8) is 0 Å². The summed E-state index contributed by atoms with van der Waals surface area (Å²) >= 11 is 0. The van der Waals surface area contributed by atoms with Crippen LogP contribution in [0.2, 0.25) is 0 Å². The number of aliphatic carboxylic acids is 1. The molecule has 0 aliphatic carbocycles. The Morgan fingerprint density at radius 1 is 1.15 bits per heavy atom. The predicted octanol–water partition coefficient (Wildman–Crippen LogP) is 1.83. The molecule has 0 aliphatic rings. The summed E-state index contributed by atoms with van der Waals surface area (Å²) in [7, 11) is -2.32. The standard InChI is InChI=1S/C18H29NO7S/c1-6-19(15(10-25-7-2)11-26-12-17(20)21)27(22,23)18-13(3)8-16(24-5)9-14(18)4/h8-9,15H,6-7,10-12H2,1-5H3,(H,20,21). The number of likely N-dealkylation sites (N-methyl/N-ethyl adjacent to an activating group) is 1. The molecule has 1 atom stereocenters. The molecule has 1 rings (SSSR count). The van der Waals surface area contributed by atoms with Crippen molar-refractivity contribution in [1.82, 2.24) is 4.31 Å². The van der Waals surface area contributed by atoms with Crippen LogP contribution in [-0.4, -0.2) is 69.9 Å². The number of hydrogen-bond acceptors (Lipinski definition) is 6. The molecule has 0 fully saturated rings. The third kappa shape index (κ3) is 6.17. The van der Waals surface area contributed by atoms with Crippen molar-refractivity contribution in [1.29, 1.82) is 0 Å². The molecule has 0 spiro atoms. The molecule has 0 heterocycles. The summed E-state index contributed by atoms with van der Waals surface area (Å²) in [4.78, 5) is 10.9. The van der Waals surface area contributed by atoms with Gasteiger partial charge in [0.2, 0.25) is 10.0 Å². The van der Waals surface area contributed by atoms with Gasteiger partial charge in [0, 0.05) is 13.2 Å². The SMILES string of the molecule is CCOCC(COCC(=O)O)N(CC)S(=O)(=O)c1c(C)cc(OC)cc1C. The van der Waals surface area contributed by atoms with Crippen molar-refractivity contribution in [2.45, 2.75) is 38.6 Å². The largest absolute Gasteiger partial charge is 0.497 e. The summed E-state index contributed by atoms with van der Waals surface area (Å²) in [5, 5.41) is 8.76. The summed E-state index contributed by atoms with van der Waals surface area (Å²) < 4.78 is 43.8. The van der Waals surface area contributed by atoms with Gasteiger partial charge in [-0.25, -0.2) is 13.2 Å². The van der Waals surface area contributed by atoms with Gasteiger partial charge in [-0.1, -0.05) is 6.92 Å². The minimum absolute atomic E-state index is 0.0758. The highest BCUT2D eigenvalue weighted by molar-refractivity contribution is 7.89. The molecule has 0 bridgehead atoms. The van der Waals surface area contributed by atoms with Crippen LogP contribution in [0.4, 0.5) is 0 Å². The Hall–Kier alpha value is -1.68. The number of sulfonamides is 1. The lowest BCUT2D eigenvalue weighted by molar-refractivity contribution is -0.142. The summed E-state index contributed by atoms with van der Waals surface area (Å²) in [6.07, 6.45) is 0. The molecule has 27 heavy (non-hydrogen) atoms. The molecule has 1 aromatic rings. The molecular formula is C18H29NO7S. The van der Waals surface area contributed by atoms with Gasteiger partial charge >= 0.3 is 5.97 Å². The average Bonchev–Trinajstić information content (AvgIpc) is 2.58. The van der Waals surface area contributed by atoms with E-state index in [0.29, 0.717) is 23.5 Å². The van der Waals surface area contributed by atoms with E-state index in [0.717, 1.165) is 0 Å². The van der Waals surface area contributed by atoms with Gasteiger partial charge in [0.05, 0.1) is 31.3 Å². The van der Waals surface area contributed by atoms with E-state index in [9.17, 15) is 13.2 Å². The molecular weight excluding hydrogens is 374 g/mol. The number of rotatable bonds is 12. The Labute approximate surface area is 161 Å². The molecule has 0 amide bonds. The molecule has 1 unspecified atom stereocenters. The van der Waals surface area contributed by atoms with E-state index < -0.39 is 28.6 Å². The number of aryl methyl sites for hydroxylation is 2. The fourth-order valence-corrected chi connectivity index (χ4v) is 4.95. The van der Waals surface area contributed by atoms with E-state index >= 15 is 0 Å². The van der Waals surface area contributed by atoms with Crippen molar-refractivity contribution < 1.29 is 32.5 Å². The van der Waals surface area contributed by atoms with Crippen molar-refractivity contribution in [3.8, 4) is 5.75 Å². The number of hydrogen-bond donors (Lipinski definition) is 1. The van der Waals surface area contributed by atoms with E-state index in [4.69, 9.17) is 19.3 Å². The first kappa shape index (κ1) is 23.4. The highest BCUT2D eigenvalue weighted by atomic mass is 32.2. The van der Waals surface area contributed by atoms with Crippen LogP contribution in [0.25, 0.3) is 0 Å². The summed E-state index contributed by atoms with van der Waals surface area (Å²) in [6, 6.07) is 2.71. The number of carboxylic acid groups (broad SMARTS) is 1. The van der Waals surface area contributed by atoms with Crippen LogP contribution < -0.4 is 4.74 Å². The Morgan fingerprint density at radius 3 is 2.15 bits per heavy atom. The van der Waals surface area contributed by atoms with E-state index in [-0.39, 0.29) is 24.7 Å². The van der Waals surface area contributed by atoms with Gasteiger partial charge in [-0.2, -0.15) is 4.31 Å². The summed E-state index contributed by atoms with van der Waals surface area (Å²) in [5.41, 5.74) is 1.15. The van der Waals surface area contributed by atoms with Gasteiger partial charge in [-0.3, -0.25) is 0 Å². The molecule has 0 radical (unpaired) electrons. The minimum Gasteiger partial charge on any atom is -0.497 e. The Morgan fingerprint density at radius 2 is 1.70 bits per heavy atom. The number of carboxylic acids is 1. The van der Waals surface area contributed by atoms with Gasteiger partial charge in [-0.05, 0) is 44.0 Å². The summed E-state index contributed by atoms with van der Waals surface area (Å²) in [6.45, 7) is 7.10. The molecule has 1 N–H and O–H groups in total. The zero-order valence-corrected chi connectivity index (χ0v) is 17.3. The maximum atomic E-state index is 13.4.